The van der Waals surface area contributed by atoms with Crippen molar-refractivity contribution in [2.75, 3.05) is 32.7 Å². The molecule has 0 radical (unpaired) electrons. The van der Waals surface area contributed by atoms with Crippen molar-refractivity contribution in [2.45, 2.75) is 19.9 Å². The molecule has 0 spiro atoms. The molecule has 3 aromatic heterocycles. The maximum absolute atomic E-state index is 13.4. The van der Waals surface area contributed by atoms with Crippen LogP contribution < -0.4 is 5.32 Å². The summed E-state index contributed by atoms with van der Waals surface area (Å²) in [6.07, 6.45) is 5.67. The van der Waals surface area contributed by atoms with E-state index in [1.165, 1.54) is 11.3 Å². The fourth-order valence-corrected chi connectivity index (χ4v) is 4.74. The van der Waals surface area contributed by atoms with E-state index in [0.29, 0.717) is 37.6 Å². The second-order valence-corrected chi connectivity index (χ2v) is 8.52. The maximum atomic E-state index is 13.4. The van der Waals surface area contributed by atoms with Crippen LogP contribution in [0.4, 0.5) is 0 Å². The molecular formula is C21H25N5O2S. The highest BCUT2D eigenvalue weighted by atomic mass is 32.1. The van der Waals surface area contributed by atoms with Crippen LogP contribution in [0, 0.1) is 0 Å². The van der Waals surface area contributed by atoms with Gasteiger partial charge in [0.2, 0.25) is 5.91 Å². The summed E-state index contributed by atoms with van der Waals surface area (Å²) in [4.78, 5) is 35.4. The number of hydrogen-bond donors (Lipinski definition) is 1. The maximum Gasteiger partial charge on any atom is 0.266 e. The minimum Gasteiger partial charge on any atom is -0.353 e. The van der Waals surface area contributed by atoms with Crippen LogP contribution in [0.25, 0.3) is 15.9 Å². The van der Waals surface area contributed by atoms with Crippen LogP contribution in [0.2, 0.25) is 0 Å². The second-order valence-electron chi connectivity index (χ2n) is 7.52. The van der Waals surface area contributed by atoms with E-state index in [9.17, 15) is 9.59 Å². The first-order valence-corrected chi connectivity index (χ1v) is 10.7. The van der Waals surface area contributed by atoms with Crippen LogP contribution in [0.1, 0.15) is 23.5 Å². The van der Waals surface area contributed by atoms with Crippen molar-refractivity contribution in [3.05, 3.63) is 47.7 Å². The lowest BCUT2D eigenvalue weighted by Crippen LogP contribution is -2.51. The quantitative estimate of drug-likeness (QED) is 0.700. The Balaban J connectivity index is 1.51. The van der Waals surface area contributed by atoms with Gasteiger partial charge in [-0.1, -0.05) is 0 Å². The topological polar surface area (TPSA) is 70.5 Å². The van der Waals surface area contributed by atoms with Crippen molar-refractivity contribution in [3.63, 3.8) is 0 Å². The molecule has 0 aromatic carbocycles. The molecule has 0 saturated carbocycles. The largest absolute Gasteiger partial charge is 0.353 e. The van der Waals surface area contributed by atoms with Crippen molar-refractivity contribution in [1.82, 2.24) is 24.7 Å². The van der Waals surface area contributed by atoms with Gasteiger partial charge < -0.3 is 14.8 Å². The molecule has 152 valence electrons. The Bertz CT molecular complexity index is 1000. The third-order valence-corrected chi connectivity index (χ3v) is 6.06. The van der Waals surface area contributed by atoms with Crippen molar-refractivity contribution in [2.24, 2.45) is 0 Å². The highest BCUT2D eigenvalue weighted by Crippen LogP contribution is 2.34. The predicted octanol–water partition coefficient (Wildman–Crippen LogP) is 2.37. The normalized spacial score (nSPS) is 15.2. The molecule has 0 atom stereocenters. The molecule has 1 aliphatic rings. The number of fused-ring (bicyclic) bond motifs is 1. The van der Waals surface area contributed by atoms with Gasteiger partial charge in [0.05, 0.1) is 12.2 Å². The number of carbonyl (C=O) groups is 2. The third kappa shape index (κ3) is 4.18. The van der Waals surface area contributed by atoms with Gasteiger partial charge in [-0.25, -0.2) is 4.98 Å². The number of rotatable bonds is 5. The van der Waals surface area contributed by atoms with Crippen LogP contribution >= 0.6 is 11.3 Å². The Morgan fingerprint density at radius 2 is 1.86 bits per heavy atom. The molecule has 7 nitrogen and oxygen atoms in total. The summed E-state index contributed by atoms with van der Waals surface area (Å²) in [7, 11) is 0. The summed E-state index contributed by atoms with van der Waals surface area (Å²) in [6, 6.07) is 7.96. The van der Waals surface area contributed by atoms with Gasteiger partial charge in [0, 0.05) is 56.2 Å². The highest BCUT2D eigenvalue weighted by molar-refractivity contribution is 7.21. The first-order chi connectivity index (χ1) is 14.0. The monoisotopic (exact) mass is 411 g/mol. The van der Waals surface area contributed by atoms with Gasteiger partial charge in [0.1, 0.15) is 9.71 Å². The van der Waals surface area contributed by atoms with E-state index in [0.717, 1.165) is 15.9 Å². The van der Waals surface area contributed by atoms with Gasteiger partial charge in [-0.3, -0.25) is 14.5 Å². The Hall–Kier alpha value is -2.71. The van der Waals surface area contributed by atoms with E-state index in [2.05, 4.69) is 15.2 Å². The number of thiophene rings is 1. The number of piperazine rings is 1. The average molecular weight is 412 g/mol. The van der Waals surface area contributed by atoms with E-state index >= 15 is 0 Å². The molecule has 4 heterocycles. The van der Waals surface area contributed by atoms with Crippen molar-refractivity contribution in [3.8, 4) is 5.69 Å². The Labute approximate surface area is 173 Å². The molecular weight excluding hydrogens is 386 g/mol. The molecule has 1 saturated heterocycles. The van der Waals surface area contributed by atoms with E-state index < -0.39 is 0 Å². The first kappa shape index (κ1) is 19.6. The minimum atomic E-state index is 0.0305. The fraction of sp³-hybridized carbons (Fsp3) is 0.381. The predicted molar refractivity (Wildman–Crippen MR) is 115 cm³/mol. The van der Waals surface area contributed by atoms with Crippen molar-refractivity contribution in [1.29, 1.82) is 0 Å². The van der Waals surface area contributed by atoms with Crippen LogP contribution in [-0.4, -0.2) is 69.9 Å². The summed E-state index contributed by atoms with van der Waals surface area (Å²) >= 11 is 1.44. The molecule has 4 rings (SSSR count). The van der Waals surface area contributed by atoms with Crippen molar-refractivity contribution < 1.29 is 9.59 Å². The van der Waals surface area contributed by atoms with E-state index in [1.807, 2.05) is 60.0 Å². The molecule has 3 aromatic rings. The van der Waals surface area contributed by atoms with E-state index in [4.69, 9.17) is 0 Å². The number of hydrogen-bond acceptors (Lipinski definition) is 5. The molecule has 0 bridgehead atoms. The standard InChI is InChI=1S/C21H25N5O2S/c1-15(2)23-17(27)14-24-10-12-26(13-11-24)21(28)19-18(25-8-3-4-9-25)16-6-5-7-22-20(16)29-19/h3-9,15H,10-14H2,1-2H3,(H,23,27). The Kier molecular flexibility index (Phi) is 5.64. The number of pyridine rings is 1. The van der Waals surface area contributed by atoms with Crippen molar-refractivity contribution >= 4 is 33.4 Å². The lowest BCUT2D eigenvalue weighted by atomic mass is 10.2. The zero-order chi connectivity index (χ0) is 20.4. The van der Waals surface area contributed by atoms with E-state index in [1.54, 1.807) is 6.20 Å². The first-order valence-electron chi connectivity index (χ1n) is 9.85. The van der Waals surface area contributed by atoms with Crippen LogP contribution in [0.15, 0.2) is 42.9 Å². The summed E-state index contributed by atoms with van der Waals surface area (Å²) in [6.45, 7) is 6.90. The zero-order valence-electron chi connectivity index (χ0n) is 16.7. The number of nitrogens with zero attached hydrogens (tertiary/aromatic N) is 4. The number of carbonyl (C=O) groups excluding carboxylic acids is 2. The molecule has 0 aliphatic carbocycles. The zero-order valence-corrected chi connectivity index (χ0v) is 17.5. The molecule has 1 aliphatic heterocycles. The molecule has 1 fully saturated rings. The van der Waals surface area contributed by atoms with E-state index in [-0.39, 0.29) is 17.9 Å². The molecule has 2 amide bonds. The minimum absolute atomic E-state index is 0.0305. The average Bonchev–Trinajstić information content (AvgIpc) is 3.34. The number of aromatic nitrogens is 2. The van der Waals surface area contributed by atoms with Gasteiger partial charge in [0.15, 0.2) is 0 Å². The molecule has 0 unspecified atom stereocenters. The SMILES string of the molecule is CC(C)NC(=O)CN1CCN(C(=O)c2sc3ncccc3c2-n2cccc2)CC1. The summed E-state index contributed by atoms with van der Waals surface area (Å²) in [5, 5.41) is 3.91. The lowest BCUT2D eigenvalue weighted by molar-refractivity contribution is -0.123. The van der Waals surface area contributed by atoms with Crippen LogP contribution in [0.3, 0.4) is 0 Å². The fourth-order valence-electron chi connectivity index (χ4n) is 3.63. The van der Waals surface area contributed by atoms with Gasteiger partial charge in [-0.15, -0.1) is 11.3 Å². The van der Waals surface area contributed by atoms with Gasteiger partial charge in [-0.05, 0) is 38.1 Å². The smallest absolute Gasteiger partial charge is 0.266 e. The molecule has 8 heteroatoms. The second kappa shape index (κ2) is 8.34. The highest BCUT2D eigenvalue weighted by Gasteiger charge is 2.28. The Morgan fingerprint density at radius 3 is 2.55 bits per heavy atom. The van der Waals surface area contributed by atoms with Gasteiger partial charge in [0.25, 0.3) is 5.91 Å². The molecule has 1 N–H and O–H groups in total. The lowest BCUT2D eigenvalue weighted by Gasteiger charge is -2.34. The summed E-state index contributed by atoms with van der Waals surface area (Å²) in [5.41, 5.74) is 0.895. The summed E-state index contributed by atoms with van der Waals surface area (Å²) < 4.78 is 1.99. The number of nitrogens with one attached hydrogen (secondary N) is 1. The van der Waals surface area contributed by atoms with Crippen LogP contribution in [0.5, 0.6) is 0 Å². The van der Waals surface area contributed by atoms with Gasteiger partial charge in [-0.2, -0.15) is 0 Å². The third-order valence-electron chi connectivity index (χ3n) is 4.97. The molecule has 29 heavy (non-hydrogen) atoms. The number of amides is 2. The Morgan fingerprint density at radius 1 is 1.14 bits per heavy atom. The van der Waals surface area contributed by atoms with Crippen LogP contribution in [-0.2, 0) is 4.79 Å². The summed E-state index contributed by atoms with van der Waals surface area (Å²) in [5.74, 6) is 0.0632. The van der Waals surface area contributed by atoms with Gasteiger partial charge >= 0.3 is 0 Å².